The summed E-state index contributed by atoms with van der Waals surface area (Å²) in [5, 5.41) is 0. The molecule has 3 rings (SSSR count). The predicted octanol–water partition coefficient (Wildman–Crippen LogP) is 3.15. The Bertz CT molecular complexity index is 441. The van der Waals surface area contributed by atoms with Crippen LogP contribution in [0.5, 0.6) is 0 Å². The molecule has 1 fully saturated rings. The van der Waals surface area contributed by atoms with Gasteiger partial charge in [0.15, 0.2) is 0 Å². The molecule has 98 valence electrons. The van der Waals surface area contributed by atoms with Gasteiger partial charge in [-0.3, -0.25) is 9.88 Å². The minimum Gasteiger partial charge on any atom is -0.298 e. The first-order valence-corrected chi connectivity index (χ1v) is 7.23. The number of aromatic nitrogens is 1. The van der Waals surface area contributed by atoms with E-state index < -0.39 is 0 Å². The smallest absolute Gasteiger partial charge is 0.0461 e. The Morgan fingerprint density at radius 1 is 1.33 bits per heavy atom. The van der Waals surface area contributed by atoms with E-state index in [9.17, 15) is 0 Å². The van der Waals surface area contributed by atoms with E-state index in [0.717, 1.165) is 18.9 Å². The summed E-state index contributed by atoms with van der Waals surface area (Å²) in [6, 6.07) is 2.39. The molecule has 1 aliphatic carbocycles. The number of hydrogen-bond donors (Lipinski definition) is 0. The van der Waals surface area contributed by atoms with E-state index in [4.69, 9.17) is 0 Å². The first-order valence-electron chi connectivity index (χ1n) is 7.23. The van der Waals surface area contributed by atoms with E-state index in [-0.39, 0.29) is 5.41 Å². The van der Waals surface area contributed by atoms with E-state index in [1.807, 2.05) is 0 Å². The van der Waals surface area contributed by atoms with Crippen molar-refractivity contribution in [3.05, 3.63) is 29.1 Å². The molecule has 0 radical (unpaired) electrons. The highest BCUT2D eigenvalue weighted by Crippen LogP contribution is 2.32. The van der Waals surface area contributed by atoms with Crippen molar-refractivity contribution in [2.45, 2.75) is 52.0 Å². The first-order chi connectivity index (χ1) is 8.52. The van der Waals surface area contributed by atoms with Gasteiger partial charge in [-0.2, -0.15) is 0 Å². The van der Waals surface area contributed by atoms with Gasteiger partial charge in [0.1, 0.15) is 0 Å². The fraction of sp³-hybridized carbons (Fsp3) is 0.688. The molecule has 0 saturated heterocycles. The molecule has 18 heavy (non-hydrogen) atoms. The van der Waals surface area contributed by atoms with Crippen molar-refractivity contribution in [1.29, 1.82) is 0 Å². The van der Waals surface area contributed by atoms with Crippen molar-refractivity contribution in [3.8, 4) is 0 Å². The van der Waals surface area contributed by atoms with Crippen molar-refractivity contribution in [1.82, 2.24) is 9.88 Å². The highest BCUT2D eigenvalue weighted by molar-refractivity contribution is 5.31. The van der Waals surface area contributed by atoms with E-state index >= 15 is 0 Å². The number of pyridine rings is 1. The molecule has 0 aromatic carbocycles. The Morgan fingerprint density at radius 3 is 2.78 bits per heavy atom. The fourth-order valence-corrected chi connectivity index (χ4v) is 2.72. The third-order valence-corrected chi connectivity index (χ3v) is 4.20. The second kappa shape index (κ2) is 4.34. The third kappa shape index (κ3) is 2.59. The van der Waals surface area contributed by atoms with E-state index in [1.165, 1.54) is 42.8 Å². The SMILES string of the molecule is CC(C)(C)c1cnc2c(c1)CN(CC1CC1)CC2. The van der Waals surface area contributed by atoms with Crippen LogP contribution in [0.15, 0.2) is 12.3 Å². The number of hydrogen-bond acceptors (Lipinski definition) is 2. The zero-order valence-corrected chi connectivity index (χ0v) is 11.9. The molecule has 2 heteroatoms. The maximum atomic E-state index is 4.69. The molecular weight excluding hydrogens is 220 g/mol. The Kier molecular flexibility index (Phi) is 2.93. The molecule has 0 unspecified atom stereocenters. The van der Waals surface area contributed by atoms with Gasteiger partial charge in [0.25, 0.3) is 0 Å². The molecule has 0 atom stereocenters. The molecule has 2 heterocycles. The molecule has 1 aromatic rings. The minimum atomic E-state index is 0.209. The zero-order valence-electron chi connectivity index (χ0n) is 11.9. The van der Waals surface area contributed by atoms with Crippen molar-refractivity contribution >= 4 is 0 Å². The van der Waals surface area contributed by atoms with E-state index in [0.29, 0.717) is 0 Å². The van der Waals surface area contributed by atoms with Gasteiger partial charge < -0.3 is 0 Å². The molecular formula is C16H24N2. The van der Waals surface area contributed by atoms with Crippen LogP contribution in [0.4, 0.5) is 0 Å². The molecule has 0 N–H and O–H groups in total. The first kappa shape index (κ1) is 12.2. The van der Waals surface area contributed by atoms with E-state index in [2.05, 4.69) is 42.9 Å². The summed E-state index contributed by atoms with van der Waals surface area (Å²) in [5.41, 5.74) is 4.37. The molecule has 2 nitrogen and oxygen atoms in total. The third-order valence-electron chi connectivity index (χ3n) is 4.20. The number of rotatable bonds is 2. The molecule has 0 spiro atoms. The summed E-state index contributed by atoms with van der Waals surface area (Å²) in [4.78, 5) is 7.31. The molecule has 0 bridgehead atoms. The van der Waals surface area contributed by atoms with Crippen LogP contribution in [0.3, 0.4) is 0 Å². The van der Waals surface area contributed by atoms with Crippen molar-refractivity contribution < 1.29 is 0 Å². The second-order valence-electron chi connectivity index (χ2n) is 7.01. The Labute approximate surface area is 110 Å². The lowest BCUT2D eigenvalue weighted by Crippen LogP contribution is -2.33. The lowest BCUT2D eigenvalue weighted by Gasteiger charge is -2.29. The molecule has 1 aromatic heterocycles. The quantitative estimate of drug-likeness (QED) is 0.794. The summed E-state index contributed by atoms with van der Waals surface area (Å²) in [5.74, 6) is 0.991. The average molecular weight is 244 g/mol. The van der Waals surface area contributed by atoms with Crippen LogP contribution < -0.4 is 0 Å². The van der Waals surface area contributed by atoms with Crippen LogP contribution in [-0.2, 0) is 18.4 Å². The lowest BCUT2D eigenvalue weighted by molar-refractivity contribution is 0.241. The van der Waals surface area contributed by atoms with Gasteiger partial charge in [-0.1, -0.05) is 26.8 Å². The minimum absolute atomic E-state index is 0.209. The van der Waals surface area contributed by atoms with Crippen LogP contribution in [0, 0.1) is 5.92 Å². The summed E-state index contributed by atoms with van der Waals surface area (Å²) in [6.07, 6.45) is 6.11. The molecule has 1 aliphatic heterocycles. The molecule has 2 aliphatic rings. The summed E-state index contributed by atoms with van der Waals surface area (Å²) in [6.45, 7) is 10.4. The molecule has 0 amide bonds. The largest absolute Gasteiger partial charge is 0.298 e. The van der Waals surface area contributed by atoms with Crippen molar-refractivity contribution in [2.24, 2.45) is 5.92 Å². The maximum Gasteiger partial charge on any atom is 0.0461 e. The topological polar surface area (TPSA) is 16.1 Å². The number of nitrogens with zero attached hydrogens (tertiary/aromatic N) is 2. The van der Waals surface area contributed by atoms with Crippen LogP contribution >= 0.6 is 0 Å². The molecule has 1 saturated carbocycles. The predicted molar refractivity (Wildman–Crippen MR) is 74.6 cm³/mol. The zero-order chi connectivity index (χ0) is 12.8. The summed E-state index contributed by atoms with van der Waals surface area (Å²) >= 11 is 0. The van der Waals surface area contributed by atoms with Gasteiger partial charge in [-0.15, -0.1) is 0 Å². The van der Waals surface area contributed by atoms with Crippen LogP contribution in [-0.4, -0.2) is 23.0 Å². The highest BCUT2D eigenvalue weighted by atomic mass is 15.1. The summed E-state index contributed by atoms with van der Waals surface area (Å²) in [7, 11) is 0. The van der Waals surface area contributed by atoms with Gasteiger partial charge >= 0.3 is 0 Å². The van der Waals surface area contributed by atoms with Gasteiger partial charge in [0.2, 0.25) is 0 Å². The lowest BCUT2D eigenvalue weighted by atomic mass is 9.86. The van der Waals surface area contributed by atoms with Crippen LogP contribution in [0.1, 0.15) is 50.4 Å². The highest BCUT2D eigenvalue weighted by Gasteiger charge is 2.27. The second-order valence-corrected chi connectivity index (χ2v) is 7.01. The Morgan fingerprint density at radius 2 is 2.11 bits per heavy atom. The van der Waals surface area contributed by atoms with E-state index in [1.54, 1.807) is 0 Å². The van der Waals surface area contributed by atoms with Gasteiger partial charge in [0.05, 0.1) is 0 Å². The van der Waals surface area contributed by atoms with Gasteiger partial charge in [0, 0.05) is 37.9 Å². The monoisotopic (exact) mass is 244 g/mol. The normalized spacial score (nSPS) is 20.8. The van der Waals surface area contributed by atoms with Crippen LogP contribution in [0.25, 0.3) is 0 Å². The Balaban J connectivity index is 1.79. The average Bonchev–Trinajstić information content (AvgIpc) is 3.11. The maximum absolute atomic E-state index is 4.69. The van der Waals surface area contributed by atoms with Crippen LogP contribution in [0.2, 0.25) is 0 Å². The Hall–Kier alpha value is -0.890. The standard InChI is InChI=1S/C16H24N2/c1-16(2,3)14-8-13-11-18(10-12-4-5-12)7-6-15(13)17-9-14/h8-9,12H,4-7,10-11H2,1-3H3. The number of fused-ring (bicyclic) bond motifs is 1. The van der Waals surface area contributed by atoms with Crippen molar-refractivity contribution in [3.63, 3.8) is 0 Å². The fourth-order valence-electron chi connectivity index (χ4n) is 2.72. The van der Waals surface area contributed by atoms with Crippen molar-refractivity contribution in [2.75, 3.05) is 13.1 Å². The van der Waals surface area contributed by atoms with Gasteiger partial charge in [-0.05, 0) is 35.3 Å². The summed E-state index contributed by atoms with van der Waals surface area (Å²) < 4.78 is 0. The van der Waals surface area contributed by atoms with Gasteiger partial charge in [-0.25, -0.2) is 0 Å².